The highest BCUT2D eigenvalue weighted by atomic mass is 16.2. The highest BCUT2D eigenvalue weighted by molar-refractivity contribution is 5.77. The van der Waals surface area contributed by atoms with Crippen molar-refractivity contribution in [3.63, 3.8) is 0 Å². The van der Waals surface area contributed by atoms with E-state index in [4.69, 9.17) is 0 Å². The average Bonchev–Trinajstić information content (AvgIpc) is 2.66. The highest BCUT2D eigenvalue weighted by Gasteiger charge is 2.29. The number of nitriles is 1. The Morgan fingerprint density at radius 1 is 1.24 bits per heavy atom. The molecule has 2 fully saturated rings. The van der Waals surface area contributed by atoms with Crippen molar-refractivity contribution in [1.82, 2.24) is 14.9 Å². The fourth-order valence-corrected chi connectivity index (χ4v) is 4.11. The summed E-state index contributed by atoms with van der Waals surface area (Å²) >= 11 is 0. The van der Waals surface area contributed by atoms with Crippen molar-refractivity contribution in [2.24, 2.45) is 5.92 Å². The van der Waals surface area contributed by atoms with Gasteiger partial charge in [0.2, 0.25) is 5.91 Å². The van der Waals surface area contributed by atoms with Crippen LogP contribution < -0.4 is 4.90 Å². The van der Waals surface area contributed by atoms with Gasteiger partial charge in [-0.05, 0) is 19.3 Å². The van der Waals surface area contributed by atoms with Crippen molar-refractivity contribution in [3.05, 3.63) is 18.1 Å². The van der Waals surface area contributed by atoms with Crippen molar-refractivity contribution < 1.29 is 4.79 Å². The van der Waals surface area contributed by atoms with Gasteiger partial charge in [0.05, 0.1) is 0 Å². The summed E-state index contributed by atoms with van der Waals surface area (Å²) in [7, 11) is 0. The summed E-state index contributed by atoms with van der Waals surface area (Å²) in [5, 5.41) is 9.21. The molecule has 0 aromatic carbocycles. The van der Waals surface area contributed by atoms with Gasteiger partial charge in [-0.3, -0.25) is 4.79 Å². The van der Waals surface area contributed by atoms with Crippen molar-refractivity contribution in [2.75, 3.05) is 24.5 Å². The van der Waals surface area contributed by atoms with E-state index >= 15 is 0 Å². The first-order chi connectivity index (χ1) is 12.2. The molecule has 1 aliphatic heterocycles. The summed E-state index contributed by atoms with van der Waals surface area (Å²) in [5.74, 6) is 1.65. The molecule has 0 bridgehead atoms. The number of hydrogen-bond donors (Lipinski definition) is 0. The molecule has 1 aromatic rings. The number of aromatic nitrogens is 2. The Morgan fingerprint density at radius 3 is 2.72 bits per heavy atom. The maximum atomic E-state index is 12.6. The molecular weight excluding hydrogens is 314 g/mol. The van der Waals surface area contributed by atoms with Crippen LogP contribution in [0.4, 0.5) is 5.82 Å². The first-order valence-electron chi connectivity index (χ1n) is 9.44. The lowest BCUT2D eigenvalue weighted by molar-refractivity contribution is -0.134. The molecule has 3 rings (SSSR count). The number of amides is 1. The number of piperazine rings is 1. The Hall–Kier alpha value is -2.16. The van der Waals surface area contributed by atoms with Gasteiger partial charge in [0, 0.05) is 44.5 Å². The molecule has 0 radical (unpaired) electrons. The van der Waals surface area contributed by atoms with Crippen LogP contribution in [0, 0.1) is 17.2 Å². The van der Waals surface area contributed by atoms with Crippen LogP contribution in [-0.4, -0.2) is 46.5 Å². The summed E-state index contributed by atoms with van der Waals surface area (Å²) < 4.78 is 0. The minimum atomic E-state index is 0.126. The van der Waals surface area contributed by atoms with Crippen LogP contribution in [0.2, 0.25) is 0 Å². The largest absolute Gasteiger partial charge is 0.350 e. The molecule has 2 aliphatic rings. The molecule has 0 spiro atoms. The normalized spacial score (nSPS) is 21.8. The zero-order valence-electron chi connectivity index (χ0n) is 15.0. The summed E-state index contributed by atoms with van der Waals surface area (Å²) in [6, 6.07) is 2.23. The minimum absolute atomic E-state index is 0.126. The first-order valence-corrected chi connectivity index (χ1v) is 9.44. The van der Waals surface area contributed by atoms with Crippen LogP contribution in [0.15, 0.2) is 12.4 Å². The van der Waals surface area contributed by atoms with E-state index in [1.165, 1.54) is 38.3 Å². The second kappa shape index (κ2) is 8.28. The molecule has 1 atom stereocenters. The van der Waals surface area contributed by atoms with Gasteiger partial charge in [-0.2, -0.15) is 5.26 Å². The molecule has 2 heterocycles. The van der Waals surface area contributed by atoms with Crippen molar-refractivity contribution in [2.45, 2.75) is 57.9 Å². The summed E-state index contributed by atoms with van der Waals surface area (Å²) in [6.07, 6.45) is 11.5. The third-order valence-corrected chi connectivity index (χ3v) is 5.52. The molecule has 1 saturated carbocycles. The molecule has 1 saturated heterocycles. The molecule has 6 nitrogen and oxygen atoms in total. The van der Waals surface area contributed by atoms with Gasteiger partial charge < -0.3 is 9.80 Å². The van der Waals surface area contributed by atoms with Crippen LogP contribution in [0.3, 0.4) is 0 Å². The number of carbonyl (C=O) groups excluding carboxylic acids is 1. The smallest absolute Gasteiger partial charge is 0.222 e. The van der Waals surface area contributed by atoms with Gasteiger partial charge in [-0.25, -0.2) is 9.97 Å². The zero-order chi connectivity index (χ0) is 17.6. The lowest BCUT2D eigenvalue weighted by Crippen LogP contribution is -2.54. The van der Waals surface area contributed by atoms with Crippen molar-refractivity contribution in [1.29, 1.82) is 5.26 Å². The quantitative estimate of drug-likeness (QED) is 0.842. The molecule has 1 unspecified atom stereocenters. The fraction of sp³-hybridized carbons (Fsp3) is 0.684. The molecule has 1 aliphatic carbocycles. The van der Waals surface area contributed by atoms with Crippen molar-refractivity contribution >= 4 is 11.7 Å². The van der Waals surface area contributed by atoms with Crippen molar-refractivity contribution in [3.8, 4) is 6.07 Å². The summed E-state index contributed by atoms with van der Waals surface area (Å²) in [6.45, 7) is 4.16. The van der Waals surface area contributed by atoms with E-state index in [0.717, 1.165) is 12.3 Å². The molecule has 0 N–H and O–H groups in total. The Morgan fingerprint density at radius 2 is 2.00 bits per heavy atom. The standard InChI is InChI=1S/C19H27N5O/c1-15-14-23(19-17(13-20)21-9-10-22-19)11-12-24(15)18(25)8-7-16-5-3-2-4-6-16/h9-10,15-16H,2-8,11-12,14H2,1H3. The SMILES string of the molecule is CC1CN(c2nccnc2C#N)CCN1C(=O)CCC1CCCCC1. The molecule has 134 valence electrons. The predicted octanol–water partition coefficient (Wildman–Crippen LogP) is 2.75. The van der Waals surface area contributed by atoms with E-state index in [1.54, 1.807) is 6.20 Å². The fourth-order valence-electron chi connectivity index (χ4n) is 4.11. The van der Waals surface area contributed by atoms with Crippen LogP contribution in [-0.2, 0) is 4.79 Å². The average molecular weight is 341 g/mol. The summed E-state index contributed by atoms with van der Waals surface area (Å²) in [4.78, 5) is 25.1. The van der Waals surface area contributed by atoms with E-state index < -0.39 is 0 Å². The molecule has 25 heavy (non-hydrogen) atoms. The Bertz CT molecular complexity index is 635. The van der Waals surface area contributed by atoms with Gasteiger partial charge in [-0.1, -0.05) is 32.1 Å². The van der Waals surface area contributed by atoms with Gasteiger partial charge in [0.1, 0.15) is 6.07 Å². The Kier molecular flexibility index (Phi) is 5.85. The zero-order valence-corrected chi connectivity index (χ0v) is 15.0. The van der Waals surface area contributed by atoms with E-state index in [1.807, 2.05) is 4.90 Å². The van der Waals surface area contributed by atoms with Crippen LogP contribution in [0.25, 0.3) is 0 Å². The topological polar surface area (TPSA) is 73.1 Å². The van der Waals surface area contributed by atoms with Crippen LogP contribution >= 0.6 is 0 Å². The third-order valence-electron chi connectivity index (χ3n) is 5.52. The molecule has 1 amide bonds. The van der Waals surface area contributed by atoms with E-state index in [-0.39, 0.29) is 11.9 Å². The Balaban J connectivity index is 1.54. The first kappa shape index (κ1) is 17.7. The Labute approximate surface area is 149 Å². The second-order valence-electron chi connectivity index (χ2n) is 7.27. The maximum Gasteiger partial charge on any atom is 0.222 e. The monoisotopic (exact) mass is 341 g/mol. The predicted molar refractivity (Wildman–Crippen MR) is 95.9 cm³/mol. The third kappa shape index (κ3) is 4.28. The number of anilines is 1. The minimum Gasteiger partial charge on any atom is -0.350 e. The molecule has 1 aromatic heterocycles. The van der Waals surface area contributed by atoms with E-state index in [9.17, 15) is 10.1 Å². The van der Waals surface area contributed by atoms with Gasteiger partial charge in [0.25, 0.3) is 0 Å². The van der Waals surface area contributed by atoms with Gasteiger partial charge >= 0.3 is 0 Å². The lowest BCUT2D eigenvalue weighted by atomic mass is 9.86. The van der Waals surface area contributed by atoms with E-state index in [2.05, 4.69) is 27.9 Å². The maximum absolute atomic E-state index is 12.6. The van der Waals surface area contributed by atoms with Gasteiger partial charge in [0.15, 0.2) is 11.5 Å². The lowest BCUT2D eigenvalue weighted by Gasteiger charge is -2.40. The number of rotatable bonds is 4. The van der Waals surface area contributed by atoms with Gasteiger partial charge in [-0.15, -0.1) is 0 Å². The number of hydrogen-bond acceptors (Lipinski definition) is 5. The molecular formula is C19H27N5O. The second-order valence-corrected chi connectivity index (χ2v) is 7.27. The number of nitrogens with zero attached hydrogens (tertiary/aromatic N) is 5. The highest BCUT2D eigenvalue weighted by Crippen LogP contribution is 2.28. The molecule has 6 heteroatoms. The van der Waals surface area contributed by atoms with Crippen LogP contribution in [0.1, 0.15) is 57.6 Å². The number of carbonyl (C=O) groups is 1. The summed E-state index contributed by atoms with van der Waals surface area (Å²) in [5.41, 5.74) is 0.353. The van der Waals surface area contributed by atoms with Crippen LogP contribution in [0.5, 0.6) is 0 Å². The van der Waals surface area contributed by atoms with E-state index in [0.29, 0.717) is 37.6 Å².